The van der Waals surface area contributed by atoms with Gasteiger partial charge in [0.25, 0.3) is 0 Å². The zero-order valence-corrected chi connectivity index (χ0v) is 12.2. The Morgan fingerprint density at radius 1 is 1.20 bits per heavy atom. The van der Waals surface area contributed by atoms with Gasteiger partial charge in [-0.05, 0) is 25.9 Å². The van der Waals surface area contributed by atoms with E-state index in [1.54, 1.807) is 4.90 Å². The summed E-state index contributed by atoms with van der Waals surface area (Å²) in [7, 11) is 3.71. The van der Waals surface area contributed by atoms with Crippen molar-refractivity contribution in [3.63, 3.8) is 0 Å². The van der Waals surface area contributed by atoms with E-state index in [-0.39, 0.29) is 0 Å². The summed E-state index contributed by atoms with van der Waals surface area (Å²) < 4.78 is 5.62. The highest BCUT2D eigenvalue weighted by Gasteiger charge is 2.11. The predicted octanol–water partition coefficient (Wildman–Crippen LogP) is 0.0879. The average Bonchev–Trinajstić information content (AvgIpc) is 2.48. The molecule has 0 amide bonds. The Hall–Kier alpha value is -1.67. The van der Waals surface area contributed by atoms with E-state index in [2.05, 4.69) is 25.3 Å². The van der Waals surface area contributed by atoms with E-state index in [0.717, 1.165) is 19.6 Å². The number of likely N-dealkylation sites (tertiary alicyclic amines) is 1. The number of nitrogens with two attached hydrogens (primary N) is 1. The number of piperidine rings is 1. The third kappa shape index (κ3) is 4.17. The van der Waals surface area contributed by atoms with Crippen molar-refractivity contribution in [3.8, 4) is 6.01 Å². The van der Waals surface area contributed by atoms with Crippen molar-refractivity contribution in [1.82, 2.24) is 19.9 Å². The van der Waals surface area contributed by atoms with Crippen LogP contribution in [0.15, 0.2) is 0 Å². The van der Waals surface area contributed by atoms with Crippen molar-refractivity contribution in [2.45, 2.75) is 19.3 Å². The number of aromatic nitrogens is 3. The molecule has 1 aliphatic heterocycles. The molecular formula is C12H23N7O. The number of hydrogen-bond donors (Lipinski definition) is 2. The second-order valence-corrected chi connectivity index (χ2v) is 5.03. The molecule has 1 fully saturated rings. The average molecular weight is 281 g/mol. The minimum atomic E-state index is 0.300. The van der Waals surface area contributed by atoms with Gasteiger partial charge in [-0.25, -0.2) is 5.84 Å². The lowest BCUT2D eigenvalue weighted by Gasteiger charge is -2.25. The standard InChI is InChI=1S/C12H23N7O/c1-18(2)11-14-10(17-13)15-12(16-11)20-9-8-19-6-4-3-5-7-19/h3-9,13H2,1-2H3,(H,14,15,16,17). The van der Waals surface area contributed by atoms with Gasteiger partial charge < -0.3 is 9.64 Å². The van der Waals surface area contributed by atoms with Crippen LogP contribution in [-0.2, 0) is 0 Å². The number of nitrogens with zero attached hydrogens (tertiary/aromatic N) is 5. The molecule has 0 spiro atoms. The van der Waals surface area contributed by atoms with Crippen molar-refractivity contribution in [2.75, 3.05) is 50.7 Å². The van der Waals surface area contributed by atoms with Crippen LogP contribution in [0.5, 0.6) is 6.01 Å². The molecule has 20 heavy (non-hydrogen) atoms. The van der Waals surface area contributed by atoms with Crippen molar-refractivity contribution in [3.05, 3.63) is 0 Å². The van der Waals surface area contributed by atoms with Crippen LogP contribution in [0.1, 0.15) is 19.3 Å². The SMILES string of the molecule is CN(C)c1nc(NN)nc(OCCN2CCCCC2)n1. The second-order valence-electron chi connectivity index (χ2n) is 5.03. The summed E-state index contributed by atoms with van der Waals surface area (Å²) in [4.78, 5) is 16.6. The van der Waals surface area contributed by atoms with Crippen molar-refractivity contribution in [2.24, 2.45) is 5.84 Å². The van der Waals surface area contributed by atoms with Crippen LogP contribution in [0.3, 0.4) is 0 Å². The molecule has 1 aliphatic rings. The highest BCUT2D eigenvalue weighted by molar-refractivity contribution is 5.35. The highest BCUT2D eigenvalue weighted by Crippen LogP contribution is 2.13. The van der Waals surface area contributed by atoms with E-state index in [1.807, 2.05) is 14.1 Å². The number of hydrogen-bond acceptors (Lipinski definition) is 8. The maximum Gasteiger partial charge on any atom is 0.323 e. The Labute approximate surface area is 119 Å². The Morgan fingerprint density at radius 2 is 1.95 bits per heavy atom. The van der Waals surface area contributed by atoms with E-state index < -0.39 is 0 Å². The third-order valence-corrected chi connectivity index (χ3v) is 3.22. The number of hydrazine groups is 1. The van der Waals surface area contributed by atoms with Crippen LogP contribution in [0.2, 0.25) is 0 Å². The molecule has 0 unspecified atom stereocenters. The molecule has 0 bridgehead atoms. The molecule has 0 aliphatic carbocycles. The van der Waals surface area contributed by atoms with Crippen LogP contribution in [0.25, 0.3) is 0 Å². The summed E-state index contributed by atoms with van der Waals surface area (Å²) in [6.07, 6.45) is 3.89. The van der Waals surface area contributed by atoms with Gasteiger partial charge in [0.15, 0.2) is 0 Å². The second kappa shape index (κ2) is 7.20. The number of rotatable bonds is 6. The van der Waals surface area contributed by atoms with Gasteiger partial charge in [0.05, 0.1) is 0 Å². The van der Waals surface area contributed by atoms with Crippen LogP contribution < -0.4 is 20.9 Å². The van der Waals surface area contributed by atoms with Crippen molar-refractivity contribution < 1.29 is 4.74 Å². The van der Waals surface area contributed by atoms with E-state index in [4.69, 9.17) is 10.6 Å². The summed E-state index contributed by atoms with van der Waals surface area (Å²) in [5.41, 5.74) is 2.42. The molecule has 8 heteroatoms. The molecule has 0 aromatic carbocycles. The molecule has 112 valence electrons. The molecule has 1 saturated heterocycles. The zero-order chi connectivity index (χ0) is 14.4. The molecule has 0 atom stereocenters. The van der Waals surface area contributed by atoms with Crippen LogP contribution in [0.4, 0.5) is 11.9 Å². The van der Waals surface area contributed by atoms with E-state index >= 15 is 0 Å². The van der Waals surface area contributed by atoms with E-state index in [1.165, 1.54) is 19.3 Å². The Morgan fingerprint density at radius 3 is 2.60 bits per heavy atom. The Bertz CT molecular complexity index is 420. The summed E-state index contributed by atoms with van der Waals surface area (Å²) in [5, 5.41) is 0. The topological polar surface area (TPSA) is 92.4 Å². The summed E-state index contributed by atoms with van der Waals surface area (Å²) in [5.74, 6) is 6.17. The van der Waals surface area contributed by atoms with Gasteiger partial charge in [0.2, 0.25) is 11.9 Å². The summed E-state index contributed by atoms with van der Waals surface area (Å²) in [6, 6.07) is 0.300. The molecule has 3 N–H and O–H groups in total. The Kier molecular flexibility index (Phi) is 5.31. The smallest absolute Gasteiger partial charge is 0.323 e. The minimum absolute atomic E-state index is 0.300. The first-order chi connectivity index (χ1) is 9.69. The van der Waals surface area contributed by atoms with Crippen molar-refractivity contribution in [1.29, 1.82) is 0 Å². The first-order valence-corrected chi connectivity index (χ1v) is 6.94. The van der Waals surface area contributed by atoms with Gasteiger partial charge in [-0.15, -0.1) is 0 Å². The van der Waals surface area contributed by atoms with Gasteiger partial charge in [-0.2, -0.15) is 15.0 Å². The van der Waals surface area contributed by atoms with Gasteiger partial charge in [0.1, 0.15) is 6.61 Å². The quantitative estimate of drug-likeness (QED) is 0.560. The largest absolute Gasteiger partial charge is 0.462 e. The van der Waals surface area contributed by atoms with Crippen LogP contribution in [0, 0.1) is 0 Å². The number of nitrogens with one attached hydrogen (secondary N) is 1. The normalized spacial score (nSPS) is 15.9. The molecule has 2 rings (SSSR count). The molecule has 8 nitrogen and oxygen atoms in total. The lowest BCUT2D eigenvalue weighted by atomic mass is 10.1. The molecular weight excluding hydrogens is 258 g/mol. The van der Waals surface area contributed by atoms with Gasteiger partial charge in [-0.3, -0.25) is 10.3 Å². The zero-order valence-electron chi connectivity index (χ0n) is 12.2. The highest BCUT2D eigenvalue weighted by atomic mass is 16.5. The third-order valence-electron chi connectivity index (χ3n) is 3.22. The fourth-order valence-corrected chi connectivity index (χ4v) is 2.12. The molecule has 1 aromatic rings. The molecule has 0 radical (unpaired) electrons. The van der Waals surface area contributed by atoms with Gasteiger partial charge >= 0.3 is 6.01 Å². The molecule has 0 saturated carbocycles. The van der Waals surface area contributed by atoms with E-state index in [0.29, 0.717) is 24.5 Å². The summed E-state index contributed by atoms with van der Waals surface area (Å²) in [6.45, 7) is 3.77. The summed E-state index contributed by atoms with van der Waals surface area (Å²) >= 11 is 0. The first-order valence-electron chi connectivity index (χ1n) is 6.94. The maximum absolute atomic E-state index is 5.62. The molecule has 1 aromatic heterocycles. The van der Waals surface area contributed by atoms with E-state index in [9.17, 15) is 0 Å². The lowest BCUT2D eigenvalue weighted by Crippen LogP contribution is -2.33. The fraction of sp³-hybridized carbons (Fsp3) is 0.750. The predicted molar refractivity (Wildman–Crippen MR) is 77.8 cm³/mol. The fourth-order valence-electron chi connectivity index (χ4n) is 2.12. The number of anilines is 2. The van der Waals surface area contributed by atoms with Crippen LogP contribution in [-0.4, -0.2) is 60.2 Å². The Balaban J connectivity index is 1.89. The molecule has 2 heterocycles. The number of ether oxygens (including phenoxy) is 1. The van der Waals surface area contributed by atoms with Crippen molar-refractivity contribution >= 4 is 11.9 Å². The lowest BCUT2D eigenvalue weighted by molar-refractivity contribution is 0.177. The maximum atomic E-state index is 5.62. The monoisotopic (exact) mass is 281 g/mol. The minimum Gasteiger partial charge on any atom is -0.462 e. The van der Waals surface area contributed by atoms with Gasteiger partial charge in [0, 0.05) is 20.6 Å². The van der Waals surface area contributed by atoms with Crippen LogP contribution >= 0.6 is 0 Å². The first kappa shape index (κ1) is 14.7. The number of nitrogen functional groups attached to an aromatic ring is 1. The van der Waals surface area contributed by atoms with Gasteiger partial charge in [-0.1, -0.05) is 6.42 Å².